The van der Waals surface area contributed by atoms with E-state index in [9.17, 15) is 18.0 Å². The Bertz CT molecular complexity index is 1460. The van der Waals surface area contributed by atoms with Crippen LogP contribution < -0.4 is 9.62 Å². The predicted molar refractivity (Wildman–Crippen MR) is 162 cm³/mol. The van der Waals surface area contributed by atoms with Crippen LogP contribution in [-0.4, -0.2) is 43.8 Å². The molecule has 0 radical (unpaired) electrons. The van der Waals surface area contributed by atoms with Crippen molar-refractivity contribution in [1.82, 2.24) is 10.2 Å². The van der Waals surface area contributed by atoms with Crippen LogP contribution in [0.4, 0.5) is 5.69 Å². The molecule has 3 aromatic carbocycles. The van der Waals surface area contributed by atoms with E-state index >= 15 is 0 Å². The van der Waals surface area contributed by atoms with Crippen LogP contribution in [0.15, 0.2) is 71.6 Å². The molecule has 40 heavy (non-hydrogen) atoms. The molecule has 0 aliphatic carbocycles. The predicted octanol–water partition coefficient (Wildman–Crippen LogP) is 6.48. The molecule has 0 unspecified atom stereocenters. The summed E-state index contributed by atoms with van der Waals surface area (Å²) in [7, 11) is -4.22. The van der Waals surface area contributed by atoms with Crippen LogP contribution in [0.2, 0.25) is 15.1 Å². The molecule has 0 aliphatic rings. The Morgan fingerprint density at radius 1 is 0.900 bits per heavy atom. The topological polar surface area (TPSA) is 86.8 Å². The summed E-state index contributed by atoms with van der Waals surface area (Å²) < 4.78 is 28.8. The molecule has 2 amide bonds. The summed E-state index contributed by atoms with van der Waals surface area (Å²) >= 11 is 18.8. The Balaban J connectivity index is 2.10. The lowest BCUT2D eigenvalue weighted by molar-refractivity contribution is -0.140. The second-order valence-electron chi connectivity index (χ2n) is 9.62. The number of halogens is 3. The zero-order valence-corrected chi connectivity index (χ0v) is 25.8. The zero-order chi connectivity index (χ0) is 29.6. The van der Waals surface area contributed by atoms with Crippen LogP contribution >= 0.6 is 34.8 Å². The van der Waals surface area contributed by atoms with Gasteiger partial charge in [-0.1, -0.05) is 77.6 Å². The molecule has 3 aromatic rings. The quantitative estimate of drug-likeness (QED) is 0.265. The van der Waals surface area contributed by atoms with E-state index in [2.05, 4.69) is 5.32 Å². The standard InChI is InChI=1S/C29H32Cl3N3O4S/c1-5-27(29(37)33-19(2)3)34(17-21-8-6-7-9-24(21)30)28(36)18-35(22-12-15-25(31)26(32)16-22)40(38,39)23-13-10-20(4)11-14-23/h6-16,19,27H,5,17-18H2,1-4H3,(H,33,37)/t27-/m0/s1. The van der Waals surface area contributed by atoms with Gasteiger partial charge in [0.1, 0.15) is 12.6 Å². The number of carbonyl (C=O) groups is 2. The summed E-state index contributed by atoms with van der Waals surface area (Å²) in [6.45, 7) is 6.69. The lowest BCUT2D eigenvalue weighted by Crippen LogP contribution is -2.53. The van der Waals surface area contributed by atoms with Crippen molar-refractivity contribution in [2.45, 2.75) is 57.6 Å². The van der Waals surface area contributed by atoms with Gasteiger partial charge in [0, 0.05) is 17.6 Å². The molecular weight excluding hydrogens is 593 g/mol. The number of rotatable bonds is 11. The van der Waals surface area contributed by atoms with E-state index in [1.807, 2.05) is 20.8 Å². The normalized spacial score (nSPS) is 12.2. The third kappa shape index (κ3) is 7.69. The Morgan fingerprint density at radius 2 is 1.55 bits per heavy atom. The van der Waals surface area contributed by atoms with Gasteiger partial charge in [-0.2, -0.15) is 0 Å². The Labute approximate surface area is 251 Å². The van der Waals surface area contributed by atoms with Crippen molar-refractivity contribution < 1.29 is 18.0 Å². The van der Waals surface area contributed by atoms with Crippen molar-refractivity contribution >= 4 is 62.3 Å². The van der Waals surface area contributed by atoms with Crippen molar-refractivity contribution in [1.29, 1.82) is 0 Å². The largest absolute Gasteiger partial charge is 0.352 e. The first kappa shape index (κ1) is 31.7. The minimum atomic E-state index is -4.22. The molecule has 7 nitrogen and oxygen atoms in total. The number of hydrogen-bond acceptors (Lipinski definition) is 4. The molecule has 0 bridgehead atoms. The van der Waals surface area contributed by atoms with Crippen LogP contribution in [0.5, 0.6) is 0 Å². The van der Waals surface area contributed by atoms with Gasteiger partial charge in [-0.3, -0.25) is 13.9 Å². The molecule has 0 saturated carbocycles. The second-order valence-corrected chi connectivity index (χ2v) is 12.7. The molecule has 214 valence electrons. The minimum absolute atomic E-state index is 0.000723. The molecule has 0 spiro atoms. The van der Waals surface area contributed by atoms with Gasteiger partial charge >= 0.3 is 0 Å². The number of benzene rings is 3. The van der Waals surface area contributed by atoms with Gasteiger partial charge in [-0.05, 0) is 69.2 Å². The van der Waals surface area contributed by atoms with Crippen molar-refractivity contribution in [3.05, 3.63) is 92.9 Å². The van der Waals surface area contributed by atoms with E-state index in [0.29, 0.717) is 17.0 Å². The van der Waals surface area contributed by atoms with E-state index in [-0.39, 0.29) is 39.1 Å². The number of carbonyl (C=O) groups excluding carboxylic acids is 2. The molecule has 0 heterocycles. The fraction of sp³-hybridized carbons (Fsp3) is 0.310. The summed E-state index contributed by atoms with van der Waals surface area (Å²) in [5, 5.41) is 3.65. The van der Waals surface area contributed by atoms with Crippen molar-refractivity contribution in [3.8, 4) is 0 Å². The third-order valence-electron chi connectivity index (χ3n) is 6.19. The van der Waals surface area contributed by atoms with E-state index in [1.165, 1.54) is 35.2 Å². The average molecular weight is 625 g/mol. The maximum atomic E-state index is 14.1. The van der Waals surface area contributed by atoms with E-state index in [4.69, 9.17) is 34.8 Å². The minimum Gasteiger partial charge on any atom is -0.352 e. The smallest absolute Gasteiger partial charge is 0.264 e. The molecule has 11 heteroatoms. The number of amides is 2. The maximum Gasteiger partial charge on any atom is 0.264 e. The van der Waals surface area contributed by atoms with E-state index in [0.717, 1.165) is 9.87 Å². The fourth-order valence-corrected chi connectivity index (χ4v) is 6.01. The molecule has 0 aromatic heterocycles. The van der Waals surface area contributed by atoms with Crippen LogP contribution in [0, 0.1) is 6.92 Å². The summed E-state index contributed by atoms with van der Waals surface area (Å²) in [5.41, 5.74) is 1.65. The maximum absolute atomic E-state index is 14.1. The first-order valence-corrected chi connectivity index (χ1v) is 15.3. The number of aryl methyl sites for hydroxylation is 1. The Kier molecular flexibility index (Phi) is 10.9. The van der Waals surface area contributed by atoms with Gasteiger partial charge in [0.25, 0.3) is 10.0 Å². The highest BCUT2D eigenvalue weighted by molar-refractivity contribution is 7.92. The highest BCUT2D eigenvalue weighted by Gasteiger charge is 2.34. The molecule has 0 aliphatic heterocycles. The lowest BCUT2D eigenvalue weighted by Gasteiger charge is -2.33. The lowest BCUT2D eigenvalue weighted by atomic mass is 10.1. The summed E-state index contributed by atoms with van der Waals surface area (Å²) in [4.78, 5) is 28.6. The van der Waals surface area contributed by atoms with Crippen molar-refractivity contribution in [2.24, 2.45) is 0 Å². The average Bonchev–Trinajstić information content (AvgIpc) is 2.89. The summed E-state index contributed by atoms with van der Waals surface area (Å²) in [6.07, 6.45) is 0.298. The Hall–Kier alpha value is -2.78. The highest BCUT2D eigenvalue weighted by Crippen LogP contribution is 2.31. The number of anilines is 1. The first-order chi connectivity index (χ1) is 18.8. The van der Waals surface area contributed by atoms with Crippen LogP contribution in [-0.2, 0) is 26.2 Å². The SMILES string of the molecule is CC[C@@H](C(=O)NC(C)C)N(Cc1ccccc1Cl)C(=O)CN(c1ccc(Cl)c(Cl)c1)S(=O)(=O)c1ccc(C)cc1. The Morgan fingerprint density at radius 3 is 2.12 bits per heavy atom. The van der Waals surface area contributed by atoms with Gasteiger partial charge in [-0.25, -0.2) is 8.42 Å². The van der Waals surface area contributed by atoms with Gasteiger partial charge in [0.05, 0.1) is 20.6 Å². The monoisotopic (exact) mass is 623 g/mol. The summed E-state index contributed by atoms with van der Waals surface area (Å²) in [6, 6.07) is 16.6. The molecule has 1 N–H and O–H groups in total. The van der Waals surface area contributed by atoms with E-state index < -0.39 is 28.5 Å². The van der Waals surface area contributed by atoms with Crippen LogP contribution in [0.3, 0.4) is 0 Å². The third-order valence-corrected chi connectivity index (χ3v) is 9.09. The number of hydrogen-bond donors (Lipinski definition) is 1. The second kappa shape index (κ2) is 13.7. The van der Waals surface area contributed by atoms with Gasteiger partial charge < -0.3 is 10.2 Å². The zero-order valence-electron chi connectivity index (χ0n) is 22.7. The number of nitrogens with one attached hydrogen (secondary N) is 1. The van der Waals surface area contributed by atoms with Gasteiger partial charge in [-0.15, -0.1) is 0 Å². The van der Waals surface area contributed by atoms with Gasteiger partial charge in [0.15, 0.2) is 0 Å². The molecule has 1 atom stereocenters. The molecule has 0 saturated heterocycles. The molecular formula is C29H32Cl3N3O4S. The molecule has 0 fully saturated rings. The number of sulfonamides is 1. The highest BCUT2D eigenvalue weighted by atomic mass is 35.5. The van der Waals surface area contributed by atoms with Crippen molar-refractivity contribution in [2.75, 3.05) is 10.8 Å². The van der Waals surface area contributed by atoms with Crippen molar-refractivity contribution in [3.63, 3.8) is 0 Å². The summed E-state index contributed by atoms with van der Waals surface area (Å²) in [5.74, 6) is -0.937. The van der Waals surface area contributed by atoms with E-state index in [1.54, 1.807) is 43.3 Å². The number of nitrogens with zero attached hydrogens (tertiary/aromatic N) is 2. The van der Waals surface area contributed by atoms with Gasteiger partial charge in [0.2, 0.25) is 11.8 Å². The van der Waals surface area contributed by atoms with Crippen LogP contribution in [0.25, 0.3) is 0 Å². The fourth-order valence-electron chi connectivity index (χ4n) is 4.12. The molecule has 3 rings (SSSR count). The van der Waals surface area contributed by atoms with Crippen LogP contribution in [0.1, 0.15) is 38.3 Å². The first-order valence-electron chi connectivity index (χ1n) is 12.7.